The average molecular weight is 360 g/mol. The van der Waals surface area contributed by atoms with Crippen LogP contribution in [0.4, 0.5) is 0 Å². The highest BCUT2D eigenvalue weighted by Gasteiger charge is 2.42. The summed E-state index contributed by atoms with van der Waals surface area (Å²) in [6.07, 6.45) is 9.80. The number of nitrogens with zero attached hydrogens (tertiary/aromatic N) is 1. The van der Waals surface area contributed by atoms with Crippen LogP contribution in [0.3, 0.4) is 0 Å². The lowest BCUT2D eigenvalue weighted by molar-refractivity contribution is -0.160. The third-order valence-corrected chi connectivity index (χ3v) is 5.98. The van der Waals surface area contributed by atoms with E-state index < -0.39 is 5.60 Å². The van der Waals surface area contributed by atoms with E-state index in [2.05, 4.69) is 0 Å². The highest BCUT2D eigenvalue weighted by atomic mass is 16.5. The van der Waals surface area contributed by atoms with E-state index in [0.717, 1.165) is 57.4 Å². The predicted octanol–water partition coefficient (Wildman–Crippen LogP) is 4.43. The number of amides is 1. The van der Waals surface area contributed by atoms with Crippen LogP contribution in [0, 0.1) is 5.92 Å². The van der Waals surface area contributed by atoms with Crippen molar-refractivity contribution in [2.45, 2.75) is 63.4 Å². The molecule has 2 aliphatic rings. The third kappa shape index (κ3) is 4.79. The fourth-order valence-corrected chi connectivity index (χ4v) is 4.39. The molecule has 3 rings (SSSR count). The number of rotatable bonds is 5. The molecule has 1 aliphatic heterocycles. The van der Waals surface area contributed by atoms with Crippen molar-refractivity contribution in [3.05, 3.63) is 30.3 Å². The maximum Gasteiger partial charge on any atom is 0.254 e. The highest BCUT2D eigenvalue weighted by Crippen LogP contribution is 2.32. The van der Waals surface area contributed by atoms with Crippen LogP contribution >= 0.6 is 0 Å². The van der Waals surface area contributed by atoms with Crippen LogP contribution in [0.5, 0.6) is 5.75 Å². The fourth-order valence-electron chi connectivity index (χ4n) is 4.39. The molecule has 4 nitrogen and oxygen atoms in total. The molecule has 1 saturated carbocycles. The zero-order chi connectivity index (χ0) is 18.2. The summed E-state index contributed by atoms with van der Waals surface area (Å²) in [7, 11) is 1.72. The van der Waals surface area contributed by atoms with Gasteiger partial charge in [0.05, 0.1) is 6.61 Å². The largest absolute Gasteiger partial charge is 0.493 e. The lowest BCUT2D eigenvalue weighted by Crippen LogP contribution is -2.53. The van der Waals surface area contributed by atoms with Gasteiger partial charge in [0.15, 0.2) is 0 Å². The molecule has 1 aromatic rings. The Balaban J connectivity index is 1.59. The molecule has 1 aromatic carbocycles. The summed E-state index contributed by atoms with van der Waals surface area (Å²) in [5.41, 5.74) is -0.595. The van der Waals surface area contributed by atoms with E-state index in [-0.39, 0.29) is 5.91 Å². The van der Waals surface area contributed by atoms with Crippen LogP contribution in [0.15, 0.2) is 30.3 Å². The Morgan fingerprint density at radius 1 is 1.08 bits per heavy atom. The summed E-state index contributed by atoms with van der Waals surface area (Å²) < 4.78 is 11.8. The van der Waals surface area contributed by atoms with Gasteiger partial charge in [0.2, 0.25) is 0 Å². The Morgan fingerprint density at radius 3 is 2.46 bits per heavy atom. The van der Waals surface area contributed by atoms with E-state index in [1.165, 1.54) is 19.3 Å². The molecule has 1 aliphatic carbocycles. The van der Waals surface area contributed by atoms with Crippen LogP contribution in [0.1, 0.15) is 57.8 Å². The Morgan fingerprint density at radius 2 is 1.77 bits per heavy atom. The summed E-state index contributed by atoms with van der Waals surface area (Å²) in [5, 5.41) is 0. The number of carbonyl (C=O) groups excluding carboxylic acids is 1. The zero-order valence-corrected chi connectivity index (χ0v) is 16.1. The first-order chi connectivity index (χ1) is 12.7. The second kappa shape index (κ2) is 9.40. The molecule has 0 N–H and O–H groups in total. The van der Waals surface area contributed by atoms with Crippen molar-refractivity contribution in [1.29, 1.82) is 0 Å². The van der Waals surface area contributed by atoms with Gasteiger partial charge in [-0.1, -0.05) is 50.3 Å². The Labute approximate surface area is 157 Å². The Bertz CT molecular complexity index is 552. The first-order valence-electron chi connectivity index (χ1n) is 10.3. The van der Waals surface area contributed by atoms with Gasteiger partial charge in [0.25, 0.3) is 5.91 Å². The second-order valence-corrected chi connectivity index (χ2v) is 7.85. The molecule has 2 fully saturated rings. The number of carbonyl (C=O) groups is 1. The quantitative estimate of drug-likeness (QED) is 0.780. The van der Waals surface area contributed by atoms with Gasteiger partial charge in [-0.3, -0.25) is 4.79 Å². The Hall–Kier alpha value is -1.55. The molecule has 0 radical (unpaired) electrons. The number of piperidine rings is 1. The van der Waals surface area contributed by atoms with Crippen molar-refractivity contribution in [2.24, 2.45) is 5.92 Å². The summed E-state index contributed by atoms with van der Waals surface area (Å²) in [5.74, 6) is 1.52. The number of likely N-dealkylation sites (tertiary alicyclic amines) is 1. The van der Waals surface area contributed by atoms with E-state index >= 15 is 0 Å². The predicted molar refractivity (Wildman–Crippen MR) is 103 cm³/mol. The topological polar surface area (TPSA) is 38.8 Å². The van der Waals surface area contributed by atoms with Crippen LogP contribution < -0.4 is 4.74 Å². The van der Waals surface area contributed by atoms with Crippen molar-refractivity contribution < 1.29 is 14.3 Å². The molecule has 4 heteroatoms. The van der Waals surface area contributed by atoms with Gasteiger partial charge in [-0.25, -0.2) is 0 Å². The third-order valence-electron chi connectivity index (χ3n) is 5.98. The van der Waals surface area contributed by atoms with Gasteiger partial charge in [-0.2, -0.15) is 0 Å². The van der Waals surface area contributed by atoms with Crippen LogP contribution in [0.2, 0.25) is 0 Å². The normalized spacial score (nSPS) is 23.7. The molecular weight excluding hydrogens is 326 g/mol. The smallest absolute Gasteiger partial charge is 0.254 e. The summed E-state index contributed by atoms with van der Waals surface area (Å²) in [6.45, 7) is 2.32. The van der Waals surface area contributed by atoms with Crippen LogP contribution in [0.25, 0.3) is 0 Å². The van der Waals surface area contributed by atoms with Crippen molar-refractivity contribution in [3.63, 3.8) is 0 Å². The van der Waals surface area contributed by atoms with E-state index in [0.29, 0.717) is 12.5 Å². The van der Waals surface area contributed by atoms with E-state index in [9.17, 15) is 4.79 Å². The highest BCUT2D eigenvalue weighted by molar-refractivity contribution is 5.85. The zero-order valence-electron chi connectivity index (χ0n) is 16.1. The van der Waals surface area contributed by atoms with Gasteiger partial charge in [0.1, 0.15) is 11.4 Å². The SMILES string of the molecule is COC1(C(=O)N2CCCC(COc3ccccc3)C2)CCCCCCC1. The van der Waals surface area contributed by atoms with Gasteiger partial charge in [0, 0.05) is 26.1 Å². The number of hydrogen-bond acceptors (Lipinski definition) is 3. The molecule has 1 heterocycles. The molecule has 1 amide bonds. The van der Waals surface area contributed by atoms with Crippen molar-refractivity contribution in [1.82, 2.24) is 4.90 Å². The molecule has 26 heavy (non-hydrogen) atoms. The lowest BCUT2D eigenvalue weighted by atomic mass is 9.84. The summed E-state index contributed by atoms with van der Waals surface area (Å²) in [6, 6.07) is 9.94. The standard InChI is InChI=1S/C22H33NO3/c1-25-22(14-8-3-2-4-9-15-22)21(24)23-16-10-11-19(17-23)18-26-20-12-6-5-7-13-20/h5-7,12-13,19H,2-4,8-11,14-18H2,1H3. The number of para-hydroxylation sites is 1. The molecule has 0 bridgehead atoms. The summed E-state index contributed by atoms with van der Waals surface area (Å²) >= 11 is 0. The minimum Gasteiger partial charge on any atom is -0.493 e. The lowest BCUT2D eigenvalue weighted by Gasteiger charge is -2.40. The van der Waals surface area contributed by atoms with Gasteiger partial charge in [-0.05, 0) is 37.8 Å². The second-order valence-electron chi connectivity index (χ2n) is 7.85. The monoisotopic (exact) mass is 359 g/mol. The minimum atomic E-state index is -0.595. The maximum atomic E-state index is 13.4. The fraction of sp³-hybridized carbons (Fsp3) is 0.682. The van der Waals surface area contributed by atoms with Crippen LogP contribution in [-0.2, 0) is 9.53 Å². The number of methoxy groups -OCH3 is 1. The number of hydrogen-bond donors (Lipinski definition) is 0. The van der Waals surface area contributed by atoms with Gasteiger partial charge >= 0.3 is 0 Å². The van der Waals surface area contributed by atoms with Crippen molar-refractivity contribution >= 4 is 5.91 Å². The number of benzene rings is 1. The first-order valence-corrected chi connectivity index (χ1v) is 10.3. The molecular formula is C22H33NO3. The first kappa shape index (κ1) is 19.2. The minimum absolute atomic E-state index is 0.214. The van der Waals surface area contributed by atoms with E-state index in [1.807, 2.05) is 35.2 Å². The van der Waals surface area contributed by atoms with Crippen LogP contribution in [-0.4, -0.2) is 43.2 Å². The van der Waals surface area contributed by atoms with Crippen molar-refractivity contribution in [3.8, 4) is 5.75 Å². The maximum absolute atomic E-state index is 13.4. The summed E-state index contributed by atoms with van der Waals surface area (Å²) in [4.78, 5) is 15.4. The Kier molecular flexibility index (Phi) is 6.95. The number of ether oxygens (including phenoxy) is 2. The van der Waals surface area contributed by atoms with Gasteiger partial charge < -0.3 is 14.4 Å². The van der Waals surface area contributed by atoms with E-state index in [4.69, 9.17) is 9.47 Å². The van der Waals surface area contributed by atoms with Crippen molar-refractivity contribution in [2.75, 3.05) is 26.8 Å². The molecule has 144 valence electrons. The van der Waals surface area contributed by atoms with Gasteiger partial charge in [-0.15, -0.1) is 0 Å². The molecule has 0 spiro atoms. The molecule has 0 aromatic heterocycles. The van der Waals surface area contributed by atoms with E-state index in [1.54, 1.807) is 7.11 Å². The molecule has 1 unspecified atom stereocenters. The molecule has 1 saturated heterocycles. The average Bonchev–Trinajstić information content (AvgIpc) is 2.67. The molecule has 1 atom stereocenters.